The van der Waals surface area contributed by atoms with Crippen LogP contribution in [-0.4, -0.2) is 52.2 Å². The Bertz CT molecular complexity index is 1840. The zero-order valence-corrected chi connectivity index (χ0v) is 24.1. The van der Waals surface area contributed by atoms with Crippen LogP contribution in [0, 0.1) is 6.92 Å². The summed E-state index contributed by atoms with van der Waals surface area (Å²) in [6.45, 7) is 6.00. The van der Waals surface area contributed by atoms with Crippen LogP contribution in [0.15, 0.2) is 107 Å². The summed E-state index contributed by atoms with van der Waals surface area (Å²) in [5.41, 5.74) is 6.34. The molecule has 4 heterocycles. The fourth-order valence-electron chi connectivity index (χ4n) is 5.53. The molecule has 3 aromatic heterocycles. The van der Waals surface area contributed by atoms with Crippen LogP contribution in [0.1, 0.15) is 5.56 Å². The van der Waals surface area contributed by atoms with Gasteiger partial charge in [0.15, 0.2) is 0 Å². The lowest BCUT2D eigenvalue weighted by Crippen LogP contribution is -2.44. The van der Waals surface area contributed by atoms with Crippen molar-refractivity contribution in [1.29, 1.82) is 0 Å². The Kier molecular flexibility index (Phi) is 7.46. The summed E-state index contributed by atoms with van der Waals surface area (Å²) >= 11 is 0. The van der Waals surface area contributed by atoms with Gasteiger partial charge in [-0.1, -0.05) is 36.4 Å². The van der Waals surface area contributed by atoms with E-state index in [1.54, 1.807) is 22.4 Å². The highest BCUT2D eigenvalue weighted by Gasteiger charge is 2.16. The van der Waals surface area contributed by atoms with Crippen LogP contribution in [0.2, 0.25) is 0 Å². The Morgan fingerprint density at radius 3 is 2.21 bits per heavy atom. The number of rotatable bonds is 6. The quantitative estimate of drug-likeness (QED) is 0.314. The molecule has 0 radical (unpaired) electrons. The van der Waals surface area contributed by atoms with Crippen LogP contribution in [0.4, 0.5) is 17.2 Å². The number of benzene rings is 2. The highest BCUT2D eigenvalue weighted by Crippen LogP contribution is 2.31. The molecular formula is C34H34N6O2. The third-order valence-electron chi connectivity index (χ3n) is 7.98. The summed E-state index contributed by atoms with van der Waals surface area (Å²) in [5.74, 6) is 0.610. The van der Waals surface area contributed by atoms with Crippen molar-refractivity contribution in [2.24, 2.45) is 7.05 Å². The number of hydrogen-bond donors (Lipinski definition) is 1. The Morgan fingerprint density at radius 1 is 0.738 bits per heavy atom. The van der Waals surface area contributed by atoms with Crippen LogP contribution in [0.3, 0.4) is 0 Å². The van der Waals surface area contributed by atoms with Gasteiger partial charge in [0.1, 0.15) is 11.5 Å². The summed E-state index contributed by atoms with van der Waals surface area (Å²) in [5, 5.41) is 3.24. The minimum Gasteiger partial charge on any atom is -0.368 e. The summed E-state index contributed by atoms with van der Waals surface area (Å²) < 4.78 is 3.24. The summed E-state index contributed by atoms with van der Waals surface area (Å²) in [6, 6.07) is 25.1. The van der Waals surface area contributed by atoms with E-state index in [1.165, 1.54) is 0 Å². The SMILES string of the molecule is Cc1c(-c2cc(Nc3ccc(N4CCN(C)CC4)cn3)c(=O)n(C)c2)cccc1-c1cccn(-c2ccccc2)c1=O. The van der Waals surface area contributed by atoms with E-state index < -0.39 is 0 Å². The van der Waals surface area contributed by atoms with Gasteiger partial charge in [0.2, 0.25) is 0 Å². The van der Waals surface area contributed by atoms with Gasteiger partial charge in [-0.25, -0.2) is 4.98 Å². The number of pyridine rings is 3. The Balaban J connectivity index is 1.32. The molecule has 1 saturated heterocycles. The number of piperazine rings is 1. The number of nitrogens with one attached hydrogen (secondary N) is 1. The summed E-state index contributed by atoms with van der Waals surface area (Å²) in [7, 11) is 3.88. The van der Waals surface area contributed by atoms with Crippen LogP contribution in [0.5, 0.6) is 0 Å². The lowest BCUT2D eigenvalue weighted by atomic mass is 9.93. The zero-order valence-electron chi connectivity index (χ0n) is 24.1. The molecule has 0 unspecified atom stereocenters. The van der Waals surface area contributed by atoms with Crippen molar-refractivity contribution in [2.75, 3.05) is 43.4 Å². The average molecular weight is 559 g/mol. The Labute approximate surface area is 245 Å². The first kappa shape index (κ1) is 27.2. The molecule has 1 N–H and O–H groups in total. The second kappa shape index (κ2) is 11.5. The van der Waals surface area contributed by atoms with Crippen molar-refractivity contribution in [2.45, 2.75) is 6.92 Å². The second-order valence-corrected chi connectivity index (χ2v) is 10.8. The normalized spacial score (nSPS) is 13.7. The molecule has 0 spiro atoms. The molecule has 8 nitrogen and oxygen atoms in total. The molecule has 8 heteroatoms. The largest absolute Gasteiger partial charge is 0.368 e. The maximum Gasteiger partial charge on any atom is 0.274 e. The molecule has 0 saturated carbocycles. The maximum absolute atomic E-state index is 13.6. The molecular weight excluding hydrogens is 524 g/mol. The van der Waals surface area contributed by atoms with Crippen molar-refractivity contribution < 1.29 is 0 Å². The molecule has 2 aromatic carbocycles. The molecule has 42 heavy (non-hydrogen) atoms. The lowest BCUT2D eigenvalue weighted by Gasteiger charge is -2.33. The molecule has 6 rings (SSSR count). The fraction of sp³-hybridized carbons (Fsp3) is 0.206. The number of likely N-dealkylation sites (N-methyl/N-ethyl adjacent to an activating group) is 1. The van der Waals surface area contributed by atoms with Crippen LogP contribution in [0.25, 0.3) is 27.9 Å². The summed E-state index contributed by atoms with van der Waals surface area (Å²) in [4.78, 5) is 35.9. The molecule has 1 fully saturated rings. The standard InChI is InChI=1S/C34H34N6O2/c1-24-28(11-7-12-29(24)30-13-8-16-40(33(30)41)26-9-5-4-6-10-26)25-21-31(34(42)38(3)23-25)36-32-15-14-27(22-35-32)39-19-17-37(2)18-20-39/h4-16,21-23H,17-20H2,1-3H3,(H,35,36). The molecule has 1 aliphatic heterocycles. The molecule has 0 amide bonds. The topological polar surface area (TPSA) is 75.4 Å². The highest BCUT2D eigenvalue weighted by atomic mass is 16.1. The monoisotopic (exact) mass is 558 g/mol. The van der Waals surface area contributed by atoms with Crippen molar-refractivity contribution in [3.05, 3.63) is 124 Å². The third kappa shape index (κ3) is 5.36. The molecule has 5 aromatic rings. The molecule has 0 bridgehead atoms. The van der Waals surface area contributed by atoms with E-state index in [0.717, 1.165) is 59.8 Å². The van der Waals surface area contributed by atoms with Crippen molar-refractivity contribution in [3.63, 3.8) is 0 Å². The number of aromatic nitrogens is 3. The van der Waals surface area contributed by atoms with Gasteiger partial charge >= 0.3 is 0 Å². The van der Waals surface area contributed by atoms with Gasteiger partial charge < -0.3 is 19.7 Å². The van der Waals surface area contributed by atoms with Gasteiger partial charge in [-0.3, -0.25) is 14.2 Å². The highest BCUT2D eigenvalue weighted by molar-refractivity contribution is 5.79. The number of anilines is 3. The van der Waals surface area contributed by atoms with Crippen LogP contribution >= 0.6 is 0 Å². The minimum absolute atomic E-state index is 0.0853. The second-order valence-electron chi connectivity index (χ2n) is 10.8. The van der Waals surface area contributed by atoms with Crippen molar-refractivity contribution in [1.82, 2.24) is 19.0 Å². The van der Waals surface area contributed by atoms with E-state index in [-0.39, 0.29) is 11.1 Å². The predicted molar refractivity (Wildman–Crippen MR) is 170 cm³/mol. The van der Waals surface area contributed by atoms with Crippen LogP contribution < -0.4 is 21.3 Å². The fourth-order valence-corrected chi connectivity index (χ4v) is 5.53. The van der Waals surface area contributed by atoms with E-state index in [9.17, 15) is 9.59 Å². The zero-order chi connectivity index (χ0) is 29.2. The number of aryl methyl sites for hydroxylation is 1. The number of hydrogen-bond acceptors (Lipinski definition) is 6. The first-order valence-corrected chi connectivity index (χ1v) is 14.1. The predicted octanol–water partition coefficient (Wildman–Crippen LogP) is 5.07. The Morgan fingerprint density at radius 2 is 1.48 bits per heavy atom. The van der Waals surface area contributed by atoms with Gasteiger partial charge in [0.05, 0.1) is 11.9 Å². The molecule has 0 aliphatic carbocycles. The van der Waals surface area contributed by atoms with Gasteiger partial charge in [-0.15, -0.1) is 0 Å². The van der Waals surface area contributed by atoms with Gasteiger partial charge in [0.25, 0.3) is 11.1 Å². The maximum atomic E-state index is 13.6. The van der Waals surface area contributed by atoms with E-state index in [0.29, 0.717) is 17.1 Å². The lowest BCUT2D eigenvalue weighted by molar-refractivity contribution is 0.313. The van der Waals surface area contributed by atoms with Crippen molar-refractivity contribution >= 4 is 17.2 Å². The molecule has 212 valence electrons. The summed E-state index contributed by atoms with van der Waals surface area (Å²) in [6.07, 6.45) is 5.48. The smallest absolute Gasteiger partial charge is 0.274 e. The minimum atomic E-state index is -0.147. The van der Waals surface area contributed by atoms with Gasteiger partial charge in [0, 0.05) is 62.4 Å². The molecule has 0 atom stereocenters. The first-order chi connectivity index (χ1) is 20.4. The van der Waals surface area contributed by atoms with Gasteiger partial charge in [-0.05, 0) is 73.1 Å². The van der Waals surface area contributed by atoms with Gasteiger partial charge in [-0.2, -0.15) is 0 Å². The van der Waals surface area contributed by atoms with E-state index in [2.05, 4.69) is 27.1 Å². The number of para-hydroxylation sites is 1. The van der Waals surface area contributed by atoms with E-state index in [4.69, 9.17) is 0 Å². The number of nitrogens with zero attached hydrogens (tertiary/aromatic N) is 5. The van der Waals surface area contributed by atoms with E-state index in [1.807, 2.05) is 98.2 Å². The molecule has 1 aliphatic rings. The Hall–Kier alpha value is -4.95. The first-order valence-electron chi connectivity index (χ1n) is 14.1. The third-order valence-corrected chi connectivity index (χ3v) is 7.98. The average Bonchev–Trinajstić information content (AvgIpc) is 3.01. The van der Waals surface area contributed by atoms with Crippen LogP contribution in [-0.2, 0) is 7.05 Å². The van der Waals surface area contributed by atoms with Crippen molar-refractivity contribution in [3.8, 4) is 27.9 Å². The van der Waals surface area contributed by atoms with E-state index >= 15 is 0 Å².